The van der Waals surface area contributed by atoms with Crippen molar-refractivity contribution in [3.63, 3.8) is 0 Å². The molecular formula is C15H18N2OS. The number of hydrogen-bond donors (Lipinski definition) is 2. The van der Waals surface area contributed by atoms with E-state index in [-0.39, 0.29) is 0 Å². The molecule has 3 nitrogen and oxygen atoms in total. The summed E-state index contributed by atoms with van der Waals surface area (Å²) in [6, 6.07) is 12.5. The topological polar surface area (TPSA) is 33.3 Å². The van der Waals surface area contributed by atoms with Crippen LogP contribution in [0.15, 0.2) is 36.4 Å². The van der Waals surface area contributed by atoms with E-state index in [2.05, 4.69) is 41.0 Å². The van der Waals surface area contributed by atoms with Gasteiger partial charge in [0.25, 0.3) is 0 Å². The molecule has 0 spiro atoms. The molecule has 0 atom stereocenters. The number of rotatable bonds is 4. The summed E-state index contributed by atoms with van der Waals surface area (Å²) in [7, 11) is 3.51. The third kappa shape index (κ3) is 3.35. The van der Waals surface area contributed by atoms with E-state index in [0.717, 1.165) is 18.7 Å². The second-order valence-corrected chi connectivity index (χ2v) is 4.67. The van der Waals surface area contributed by atoms with Crippen molar-refractivity contribution in [2.45, 2.75) is 6.42 Å². The summed E-state index contributed by atoms with van der Waals surface area (Å²) in [5, 5.41) is 9.21. The molecule has 2 N–H and O–H groups in total. The van der Waals surface area contributed by atoms with Gasteiger partial charge in [-0.1, -0.05) is 24.3 Å². The predicted molar refractivity (Wildman–Crippen MR) is 83.9 cm³/mol. The summed E-state index contributed by atoms with van der Waals surface area (Å²) in [6.45, 7) is 0.815. The first-order valence-electron chi connectivity index (χ1n) is 6.26. The Balaban J connectivity index is 2.19. The van der Waals surface area contributed by atoms with Crippen molar-refractivity contribution in [2.24, 2.45) is 0 Å². The van der Waals surface area contributed by atoms with Crippen molar-refractivity contribution in [3.05, 3.63) is 42.0 Å². The van der Waals surface area contributed by atoms with Crippen molar-refractivity contribution in [1.29, 1.82) is 0 Å². The van der Waals surface area contributed by atoms with Gasteiger partial charge in [0.05, 0.1) is 7.11 Å². The zero-order valence-electron chi connectivity index (χ0n) is 11.2. The smallest absolute Gasteiger partial charge is 0.166 e. The van der Waals surface area contributed by atoms with Crippen LogP contribution in [0.4, 0.5) is 0 Å². The minimum absolute atomic E-state index is 0.679. The lowest BCUT2D eigenvalue weighted by molar-refractivity contribution is 0.415. The van der Waals surface area contributed by atoms with Crippen LogP contribution in [0.3, 0.4) is 0 Å². The van der Waals surface area contributed by atoms with Crippen molar-refractivity contribution in [2.75, 3.05) is 20.7 Å². The van der Waals surface area contributed by atoms with E-state index in [1.807, 2.05) is 13.1 Å². The summed E-state index contributed by atoms with van der Waals surface area (Å²) in [5.41, 5.74) is 1.29. The molecule has 0 aliphatic rings. The zero-order chi connectivity index (χ0) is 13.7. The number of fused-ring (bicyclic) bond motifs is 1. The minimum Gasteiger partial charge on any atom is -0.497 e. The number of methoxy groups -OCH3 is 1. The number of thiocarbonyl (C=S) groups is 1. The van der Waals surface area contributed by atoms with Gasteiger partial charge in [0.1, 0.15) is 5.75 Å². The predicted octanol–water partition coefficient (Wildman–Crippen LogP) is 2.48. The summed E-state index contributed by atoms with van der Waals surface area (Å²) in [6.07, 6.45) is 0.923. The molecule has 0 bridgehead atoms. The molecule has 0 unspecified atom stereocenters. The van der Waals surface area contributed by atoms with Crippen LogP contribution in [0.5, 0.6) is 5.75 Å². The lowest BCUT2D eigenvalue weighted by Gasteiger charge is -2.10. The van der Waals surface area contributed by atoms with Crippen molar-refractivity contribution in [3.8, 4) is 5.75 Å². The van der Waals surface area contributed by atoms with Crippen LogP contribution < -0.4 is 15.4 Å². The molecule has 0 fully saturated rings. The number of nitrogens with one attached hydrogen (secondary N) is 2. The van der Waals surface area contributed by atoms with Gasteiger partial charge in [-0.25, -0.2) is 0 Å². The lowest BCUT2D eigenvalue weighted by Crippen LogP contribution is -2.33. The Morgan fingerprint density at radius 1 is 1.26 bits per heavy atom. The van der Waals surface area contributed by atoms with Crippen molar-refractivity contribution >= 4 is 28.1 Å². The molecule has 0 aromatic heterocycles. The van der Waals surface area contributed by atoms with Crippen LogP contribution in [0.2, 0.25) is 0 Å². The molecule has 2 aromatic carbocycles. The van der Waals surface area contributed by atoms with Crippen molar-refractivity contribution < 1.29 is 4.74 Å². The summed E-state index contributed by atoms with van der Waals surface area (Å²) < 4.78 is 5.29. The highest BCUT2D eigenvalue weighted by atomic mass is 32.1. The Bertz CT molecular complexity index is 583. The van der Waals surface area contributed by atoms with Gasteiger partial charge in [-0.05, 0) is 47.1 Å². The summed E-state index contributed by atoms with van der Waals surface area (Å²) in [5.74, 6) is 0.888. The lowest BCUT2D eigenvalue weighted by atomic mass is 10.0. The molecule has 2 aromatic rings. The third-order valence-corrected chi connectivity index (χ3v) is 3.44. The summed E-state index contributed by atoms with van der Waals surface area (Å²) >= 11 is 5.06. The minimum atomic E-state index is 0.679. The van der Waals surface area contributed by atoms with Gasteiger partial charge in [0, 0.05) is 13.6 Å². The van der Waals surface area contributed by atoms with E-state index in [1.54, 1.807) is 7.11 Å². The van der Waals surface area contributed by atoms with E-state index in [0.29, 0.717) is 5.11 Å². The first kappa shape index (κ1) is 13.6. The molecule has 4 heteroatoms. The monoisotopic (exact) mass is 274 g/mol. The molecule has 2 rings (SSSR count). The van der Waals surface area contributed by atoms with E-state index < -0.39 is 0 Å². The SMILES string of the molecule is CNC(=S)NCCc1cccc2ccc(OC)cc12. The van der Waals surface area contributed by atoms with Crippen LogP contribution in [0.1, 0.15) is 5.56 Å². The molecule has 19 heavy (non-hydrogen) atoms. The van der Waals surface area contributed by atoms with Gasteiger partial charge in [-0.2, -0.15) is 0 Å². The standard InChI is InChI=1S/C15H18N2OS/c1-16-15(19)17-9-8-12-5-3-4-11-6-7-13(18-2)10-14(11)12/h3-7,10H,8-9H2,1-2H3,(H2,16,17,19). The molecule has 100 valence electrons. The molecule has 0 heterocycles. The molecule has 0 aliphatic heterocycles. The second-order valence-electron chi connectivity index (χ2n) is 4.26. The van der Waals surface area contributed by atoms with E-state index >= 15 is 0 Å². The largest absolute Gasteiger partial charge is 0.497 e. The summed E-state index contributed by atoms with van der Waals surface area (Å²) in [4.78, 5) is 0. The van der Waals surface area contributed by atoms with Gasteiger partial charge in [0.15, 0.2) is 5.11 Å². The highest BCUT2D eigenvalue weighted by Crippen LogP contribution is 2.24. The fourth-order valence-corrected chi connectivity index (χ4v) is 2.16. The molecular weight excluding hydrogens is 256 g/mol. The highest BCUT2D eigenvalue weighted by molar-refractivity contribution is 7.80. The molecule has 0 saturated carbocycles. The maximum absolute atomic E-state index is 5.29. The normalized spacial score (nSPS) is 10.2. The van der Waals surface area contributed by atoms with Crippen LogP contribution in [-0.4, -0.2) is 25.8 Å². The van der Waals surface area contributed by atoms with Crippen LogP contribution in [0, 0.1) is 0 Å². The van der Waals surface area contributed by atoms with Crippen LogP contribution in [-0.2, 0) is 6.42 Å². The molecule has 0 saturated heterocycles. The molecule has 0 radical (unpaired) electrons. The number of benzene rings is 2. The highest BCUT2D eigenvalue weighted by Gasteiger charge is 2.03. The van der Waals surface area contributed by atoms with Gasteiger partial charge >= 0.3 is 0 Å². The quantitative estimate of drug-likeness (QED) is 0.839. The Morgan fingerprint density at radius 3 is 2.84 bits per heavy atom. The Morgan fingerprint density at radius 2 is 2.11 bits per heavy atom. The maximum Gasteiger partial charge on any atom is 0.166 e. The first-order chi connectivity index (χ1) is 9.24. The average Bonchev–Trinajstić information content (AvgIpc) is 2.46. The zero-order valence-corrected chi connectivity index (χ0v) is 12.0. The Kier molecular flexibility index (Phi) is 4.58. The van der Waals surface area contributed by atoms with Crippen LogP contribution >= 0.6 is 12.2 Å². The van der Waals surface area contributed by atoms with E-state index in [4.69, 9.17) is 17.0 Å². The van der Waals surface area contributed by atoms with Gasteiger partial charge in [0.2, 0.25) is 0 Å². The van der Waals surface area contributed by atoms with Crippen molar-refractivity contribution in [1.82, 2.24) is 10.6 Å². The van der Waals surface area contributed by atoms with E-state index in [9.17, 15) is 0 Å². The fraction of sp³-hybridized carbons (Fsp3) is 0.267. The van der Waals surface area contributed by atoms with Crippen LogP contribution in [0.25, 0.3) is 10.8 Å². The van der Waals surface area contributed by atoms with Gasteiger partial charge in [-0.15, -0.1) is 0 Å². The number of ether oxygens (including phenoxy) is 1. The second kappa shape index (κ2) is 6.38. The first-order valence-corrected chi connectivity index (χ1v) is 6.66. The molecule has 0 aliphatic carbocycles. The maximum atomic E-state index is 5.29. The fourth-order valence-electron chi connectivity index (χ4n) is 2.06. The van der Waals surface area contributed by atoms with E-state index in [1.165, 1.54) is 16.3 Å². The molecule has 0 amide bonds. The van der Waals surface area contributed by atoms with Gasteiger partial charge < -0.3 is 15.4 Å². The average molecular weight is 274 g/mol. The Labute approximate surface area is 119 Å². The number of hydrogen-bond acceptors (Lipinski definition) is 2. The van der Waals surface area contributed by atoms with Gasteiger partial charge in [-0.3, -0.25) is 0 Å². The Hall–Kier alpha value is -1.81. The third-order valence-electron chi connectivity index (χ3n) is 3.09.